The summed E-state index contributed by atoms with van der Waals surface area (Å²) in [7, 11) is 0. The van der Waals surface area contributed by atoms with Crippen molar-refractivity contribution >= 4 is 11.5 Å². The van der Waals surface area contributed by atoms with Crippen LogP contribution in [0.25, 0.3) is 0 Å². The monoisotopic (exact) mass is 276 g/mol. The van der Waals surface area contributed by atoms with Crippen LogP contribution in [0.2, 0.25) is 0 Å². The molecule has 106 valence electrons. The predicted molar refractivity (Wildman–Crippen MR) is 73.5 cm³/mol. The van der Waals surface area contributed by atoms with Crippen molar-refractivity contribution < 1.29 is 4.92 Å². The van der Waals surface area contributed by atoms with E-state index in [9.17, 15) is 10.1 Å². The van der Waals surface area contributed by atoms with Crippen molar-refractivity contribution in [3.63, 3.8) is 0 Å². The minimum atomic E-state index is -0.477. The van der Waals surface area contributed by atoms with E-state index in [-0.39, 0.29) is 5.69 Å². The molecule has 0 aromatic carbocycles. The van der Waals surface area contributed by atoms with E-state index in [4.69, 9.17) is 0 Å². The molecule has 0 saturated carbocycles. The zero-order valence-electron chi connectivity index (χ0n) is 11.4. The molecule has 0 aliphatic rings. The molecular formula is C12H16N6O2. The zero-order valence-corrected chi connectivity index (χ0v) is 11.4. The Morgan fingerprint density at radius 2 is 2.25 bits per heavy atom. The predicted octanol–water partition coefficient (Wildman–Crippen LogP) is 1.76. The van der Waals surface area contributed by atoms with Gasteiger partial charge in [-0.2, -0.15) is 5.10 Å². The number of hydrogen-bond donors (Lipinski definition) is 1. The Labute approximate surface area is 116 Å². The van der Waals surface area contributed by atoms with E-state index in [1.54, 1.807) is 0 Å². The molecule has 0 unspecified atom stereocenters. The second-order valence-corrected chi connectivity index (χ2v) is 4.39. The van der Waals surface area contributed by atoms with E-state index in [0.717, 1.165) is 24.5 Å². The van der Waals surface area contributed by atoms with Gasteiger partial charge in [-0.1, -0.05) is 6.92 Å². The highest BCUT2D eigenvalue weighted by Crippen LogP contribution is 2.11. The number of aromatic nitrogens is 4. The molecule has 0 amide bonds. The highest BCUT2D eigenvalue weighted by Gasteiger charge is 2.10. The number of anilines is 1. The Hall–Kier alpha value is -2.51. The van der Waals surface area contributed by atoms with Crippen LogP contribution in [-0.4, -0.2) is 31.2 Å². The van der Waals surface area contributed by atoms with Crippen LogP contribution in [0.4, 0.5) is 11.5 Å². The SMILES string of the molecule is CCCNc1cc(C)nc(Cn2cc([N+](=O)[O-])cn2)n1. The van der Waals surface area contributed by atoms with Gasteiger partial charge in [0.25, 0.3) is 0 Å². The van der Waals surface area contributed by atoms with Crippen LogP contribution >= 0.6 is 0 Å². The molecule has 1 N–H and O–H groups in total. The van der Waals surface area contributed by atoms with Gasteiger partial charge < -0.3 is 5.32 Å². The number of nitrogens with zero attached hydrogens (tertiary/aromatic N) is 5. The Morgan fingerprint density at radius 3 is 2.90 bits per heavy atom. The highest BCUT2D eigenvalue weighted by molar-refractivity contribution is 5.35. The van der Waals surface area contributed by atoms with Crippen molar-refractivity contribution in [1.82, 2.24) is 19.7 Å². The number of hydrogen-bond acceptors (Lipinski definition) is 6. The van der Waals surface area contributed by atoms with Gasteiger partial charge in [-0.25, -0.2) is 9.97 Å². The molecule has 2 aromatic heterocycles. The van der Waals surface area contributed by atoms with E-state index in [2.05, 4.69) is 27.3 Å². The molecule has 0 aliphatic carbocycles. The van der Waals surface area contributed by atoms with Crippen LogP contribution in [-0.2, 0) is 6.54 Å². The second kappa shape index (κ2) is 6.09. The summed E-state index contributed by atoms with van der Waals surface area (Å²) in [5, 5.41) is 17.7. The fourth-order valence-corrected chi connectivity index (χ4v) is 1.72. The summed E-state index contributed by atoms with van der Waals surface area (Å²) in [6.07, 6.45) is 3.58. The summed E-state index contributed by atoms with van der Waals surface area (Å²) in [6.45, 7) is 5.10. The Balaban J connectivity index is 2.15. The number of nitro groups is 1. The number of aryl methyl sites for hydroxylation is 1. The van der Waals surface area contributed by atoms with Gasteiger partial charge in [-0.05, 0) is 13.3 Å². The third-order valence-corrected chi connectivity index (χ3v) is 2.59. The van der Waals surface area contributed by atoms with E-state index in [1.807, 2.05) is 13.0 Å². The molecule has 0 atom stereocenters. The average Bonchev–Trinajstić information content (AvgIpc) is 2.84. The molecule has 2 heterocycles. The summed E-state index contributed by atoms with van der Waals surface area (Å²) in [4.78, 5) is 18.8. The first-order valence-electron chi connectivity index (χ1n) is 6.33. The normalized spacial score (nSPS) is 10.5. The molecule has 2 aromatic rings. The first-order chi connectivity index (χ1) is 9.58. The summed E-state index contributed by atoms with van der Waals surface area (Å²) in [5.41, 5.74) is 0.803. The lowest BCUT2D eigenvalue weighted by molar-refractivity contribution is -0.385. The van der Waals surface area contributed by atoms with Gasteiger partial charge in [0.1, 0.15) is 24.8 Å². The van der Waals surface area contributed by atoms with Crippen LogP contribution in [0.3, 0.4) is 0 Å². The van der Waals surface area contributed by atoms with Gasteiger partial charge in [0.2, 0.25) is 0 Å². The van der Waals surface area contributed by atoms with Gasteiger partial charge >= 0.3 is 5.69 Å². The van der Waals surface area contributed by atoms with Crippen molar-refractivity contribution in [2.45, 2.75) is 26.8 Å². The van der Waals surface area contributed by atoms with Gasteiger partial charge in [-0.3, -0.25) is 14.8 Å². The molecule has 0 fully saturated rings. The molecule has 0 saturated heterocycles. The fourth-order valence-electron chi connectivity index (χ4n) is 1.72. The Morgan fingerprint density at radius 1 is 1.45 bits per heavy atom. The maximum atomic E-state index is 10.6. The second-order valence-electron chi connectivity index (χ2n) is 4.39. The summed E-state index contributed by atoms with van der Waals surface area (Å²) in [6, 6.07) is 1.87. The van der Waals surface area contributed by atoms with Crippen LogP contribution in [0.15, 0.2) is 18.5 Å². The fraction of sp³-hybridized carbons (Fsp3) is 0.417. The molecule has 0 radical (unpaired) electrons. The van der Waals surface area contributed by atoms with E-state index < -0.39 is 4.92 Å². The van der Waals surface area contributed by atoms with E-state index >= 15 is 0 Å². The highest BCUT2D eigenvalue weighted by atomic mass is 16.6. The third kappa shape index (κ3) is 3.50. The van der Waals surface area contributed by atoms with Gasteiger partial charge in [0.05, 0.1) is 4.92 Å². The molecule has 20 heavy (non-hydrogen) atoms. The maximum absolute atomic E-state index is 10.6. The lowest BCUT2D eigenvalue weighted by Crippen LogP contribution is -2.09. The van der Waals surface area contributed by atoms with Crippen LogP contribution in [0, 0.1) is 17.0 Å². The van der Waals surface area contributed by atoms with Crippen molar-refractivity contribution in [2.75, 3.05) is 11.9 Å². The average molecular weight is 276 g/mol. The van der Waals surface area contributed by atoms with E-state index in [0.29, 0.717) is 12.4 Å². The van der Waals surface area contributed by atoms with Crippen molar-refractivity contribution in [3.8, 4) is 0 Å². The molecule has 8 heteroatoms. The molecule has 0 aliphatic heterocycles. The molecule has 0 spiro atoms. The standard InChI is InChI=1S/C12H16N6O2/c1-3-4-13-11-5-9(2)15-12(16-11)8-17-7-10(6-14-17)18(19)20/h5-7H,3-4,8H2,1-2H3,(H,13,15,16). The van der Waals surface area contributed by atoms with Gasteiger partial charge in [0, 0.05) is 18.3 Å². The molecular weight excluding hydrogens is 260 g/mol. The third-order valence-electron chi connectivity index (χ3n) is 2.59. The van der Waals surface area contributed by atoms with Crippen LogP contribution < -0.4 is 5.32 Å². The minimum absolute atomic E-state index is 0.0398. The first kappa shape index (κ1) is 13.9. The topological polar surface area (TPSA) is 98.8 Å². The first-order valence-corrected chi connectivity index (χ1v) is 6.33. The largest absolute Gasteiger partial charge is 0.370 e. The molecule has 0 bridgehead atoms. The summed E-state index contributed by atoms with van der Waals surface area (Å²) < 4.78 is 1.45. The van der Waals surface area contributed by atoms with Crippen LogP contribution in [0.1, 0.15) is 24.9 Å². The smallest absolute Gasteiger partial charge is 0.307 e. The summed E-state index contributed by atoms with van der Waals surface area (Å²) in [5.74, 6) is 1.33. The Kier molecular flexibility index (Phi) is 4.24. The van der Waals surface area contributed by atoms with Gasteiger partial charge in [0.15, 0.2) is 5.82 Å². The quantitative estimate of drug-likeness (QED) is 0.637. The number of rotatable bonds is 6. The number of nitrogens with one attached hydrogen (secondary N) is 1. The summed E-state index contributed by atoms with van der Waals surface area (Å²) >= 11 is 0. The molecule has 2 rings (SSSR count). The van der Waals surface area contributed by atoms with Crippen LogP contribution in [0.5, 0.6) is 0 Å². The maximum Gasteiger partial charge on any atom is 0.307 e. The van der Waals surface area contributed by atoms with Crippen molar-refractivity contribution in [1.29, 1.82) is 0 Å². The minimum Gasteiger partial charge on any atom is -0.370 e. The lowest BCUT2D eigenvalue weighted by atomic mass is 10.4. The van der Waals surface area contributed by atoms with Gasteiger partial charge in [-0.15, -0.1) is 0 Å². The lowest BCUT2D eigenvalue weighted by Gasteiger charge is -2.07. The Bertz CT molecular complexity index is 610. The molecule has 8 nitrogen and oxygen atoms in total. The van der Waals surface area contributed by atoms with Crippen molar-refractivity contribution in [2.24, 2.45) is 0 Å². The zero-order chi connectivity index (χ0) is 14.5. The van der Waals surface area contributed by atoms with Crippen molar-refractivity contribution in [3.05, 3.63) is 40.1 Å². The van der Waals surface area contributed by atoms with E-state index in [1.165, 1.54) is 17.1 Å².